The van der Waals surface area contributed by atoms with Gasteiger partial charge in [-0.1, -0.05) is 0 Å². The summed E-state index contributed by atoms with van der Waals surface area (Å²) in [6, 6.07) is 0. The van der Waals surface area contributed by atoms with E-state index in [1.165, 1.54) is 30.2 Å². The lowest BCUT2D eigenvalue weighted by atomic mass is 9.95. The standard InChI is InChI=1S/C10H20N/c1-9(2)10(11(9,3)4)7-5-6-8-10/h5-8H2,1-4H3/q+1. The van der Waals surface area contributed by atoms with Crippen LogP contribution in [0.25, 0.3) is 0 Å². The first-order valence-corrected chi connectivity index (χ1v) is 4.80. The fraction of sp³-hybridized carbons (Fsp3) is 1.00. The Morgan fingerprint density at radius 3 is 1.55 bits per heavy atom. The van der Waals surface area contributed by atoms with Gasteiger partial charge in [-0.05, 0) is 26.7 Å². The molecule has 1 spiro atoms. The van der Waals surface area contributed by atoms with Gasteiger partial charge in [0.25, 0.3) is 0 Å². The summed E-state index contributed by atoms with van der Waals surface area (Å²) in [5, 5.41) is 0. The van der Waals surface area contributed by atoms with E-state index in [0.29, 0.717) is 11.1 Å². The summed E-state index contributed by atoms with van der Waals surface area (Å²) in [6.45, 7) is 4.86. The molecule has 0 unspecified atom stereocenters. The number of hydrogen-bond acceptors (Lipinski definition) is 0. The van der Waals surface area contributed by atoms with Crippen LogP contribution in [0.2, 0.25) is 0 Å². The molecule has 0 N–H and O–H groups in total. The number of likely N-dealkylation sites (N-methyl/N-ethyl adjacent to an activating group) is 1. The molecule has 2 fully saturated rings. The Hall–Kier alpha value is -0.0400. The largest absolute Gasteiger partial charge is 0.309 e. The van der Waals surface area contributed by atoms with Crippen molar-refractivity contribution in [3.8, 4) is 0 Å². The van der Waals surface area contributed by atoms with Gasteiger partial charge in [0.1, 0.15) is 5.54 Å². The summed E-state index contributed by atoms with van der Waals surface area (Å²) in [5.74, 6) is 0. The predicted octanol–water partition coefficient (Wildman–Crippen LogP) is 2.17. The second kappa shape index (κ2) is 1.66. The zero-order chi connectivity index (χ0) is 8.33. The van der Waals surface area contributed by atoms with Crippen LogP contribution in [0.5, 0.6) is 0 Å². The van der Waals surface area contributed by atoms with Crippen molar-refractivity contribution >= 4 is 0 Å². The molecule has 1 heterocycles. The molecule has 1 heteroatoms. The van der Waals surface area contributed by atoms with E-state index in [1.54, 1.807) is 0 Å². The maximum Gasteiger partial charge on any atom is 0.154 e. The lowest BCUT2D eigenvalue weighted by Crippen LogP contribution is -2.25. The van der Waals surface area contributed by atoms with Crippen molar-refractivity contribution in [3.63, 3.8) is 0 Å². The van der Waals surface area contributed by atoms with Gasteiger partial charge in [0.05, 0.1) is 14.1 Å². The minimum absolute atomic E-state index is 0.559. The van der Waals surface area contributed by atoms with E-state index >= 15 is 0 Å². The van der Waals surface area contributed by atoms with Crippen molar-refractivity contribution in [1.29, 1.82) is 0 Å². The Bertz CT molecular complexity index is 169. The first-order valence-electron chi connectivity index (χ1n) is 4.80. The highest BCUT2D eigenvalue weighted by Crippen LogP contribution is 2.64. The Labute approximate surface area is 70.0 Å². The molecule has 0 aromatic rings. The maximum absolute atomic E-state index is 2.43. The van der Waals surface area contributed by atoms with Gasteiger partial charge in [0, 0.05) is 12.8 Å². The molecule has 1 saturated heterocycles. The number of quaternary nitrogens is 1. The van der Waals surface area contributed by atoms with Gasteiger partial charge in [0.15, 0.2) is 5.54 Å². The summed E-state index contributed by atoms with van der Waals surface area (Å²) in [5.41, 5.74) is 1.23. The number of hydrogen-bond donors (Lipinski definition) is 0. The minimum atomic E-state index is 0.559. The summed E-state index contributed by atoms with van der Waals surface area (Å²) in [7, 11) is 4.79. The Balaban J connectivity index is 2.31. The van der Waals surface area contributed by atoms with Crippen molar-refractivity contribution < 1.29 is 4.48 Å². The van der Waals surface area contributed by atoms with Gasteiger partial charge in [-0.25, -0.2) is 0 Å². The molecule has 0 amide bonds. The Morgan fingerprint density at radius 1 is 1.00 bits per heavy atom. The smallest absolute Gasteiger partial charge is 0.154 e. The average molecular weight is 154 g/mol. The van der Waals surface area contributed by atoms with E-state index in [2.05, 4.69) is 27.9 Å². The normalized spacial score (nSPS) is 36.0. The van der Waals surface area contributed by atoms with E-state index in [4.69, 9.17) is 0 Å². The molecule has 0 atom stereocenters. The molecule has 1 aliphatic heterocycles. The van der Waals surface area contributed by atoms with E-state index in [9.17, 15) is 0 Å². The third-order valence-electron chi connectivity index (χ3n) is 4.99. The molecular weight excluding hydrogens is 134 g/mol. The summed E-state index contributed by atoms with van der Waals surface area (Å²) >= 11 is 0. The molecular formula is C10H20N+. The highest BCUT2D eigenvalue weighted by molar-refractivity contribution is 5.12. The van der Waals surface area contributed by atoms with Crippen molar-refractivity contribution in [2.45, 2.75) is 50.6 Å². The molecule has 64 valence electrons. The fourth-order valence-corrected chi connectivity index (χ4v) is 3.50. The van der Waals surface area contributed by atoms with Crippen LogP contribution in [0.1, 0.15) is 39.5 Å². The summed E-state index contributed by atoms with van der Waals surface area (Å²) < 4.78 is 1.26. The van der Waals surface area contributed by atoms with Crippen LogP contribution in [0, 0.1) is 0 Å². The highest BCUT2D eigenvalue weighted by Gasteiger charge is 2.80. The minimum Gasteiger partial charge on any atom is -0.309 e. The van der Waals surface area contributed by atoms with Gasteiger partial charge in [0.2, 0.25) is 0 Å². The van der Waals surface area contributed by atoms with Crippen LogP contribution in [0.15, 0.2) is 0 Å². The zero-order valence-corrected chi connectivity index (χ0v) is 8.28. The fourth-order valence-electron chi connectivity index (χ4n) is 3.50. The monoisotopic (exact) mass is 154 g/mol. The van der Waals surface area contributed by atoms with Crippen LogP contribution >= 0.6 is 0 Å². The third kappa shape index (κ3) is 0.547. The second-order valence-corrected chi connectivity index (χ2v) is 5.25. The zero-order valence-electron chi connectivity index (χ0n) is 8.28. The van der Waals surface area contributed by atoms with Crippen molar-refractivity contribution in [3.05, 3.63) is 0 Å². The predicted molar refractivity (Wildman–Crippen MR) is 47.4 cm³/mol. The molecule has 0 aromatic carbocycles. The van der Waals surface area contributed by atoms with E-state index in [0.717, 1.165) is 0 Å². The lowest BCUT2D eigenvalue weighted by Gasteiger charge is -2.12. The van der Waals surface area contributed by atoms with E-state index in [1.807, 2.05) is 0 Å². The van der Waals surface area contributed by atoms with Gasteiger partial charge in [-0.15, -0.1) is 0 Å². The van der Waals surface area contributed by atoms with E-state index in [-0.39, 0.29) is 0 Å². The van der Waals surface area contributed by atoms with E-state index < -0.39 is 0 Å². The molecule has 1 nitrogen and oxygen atoms in total. The molecule has 11 heavy (non-hydrogen) atoms. The number of rotatable bonds is 0. The Kier molecular flexibility index (Phi) is 1.15. The average Bonchev–Trinajstić information content (AvgIpc) is 2.41. The quantitative estimate of drug-likeness (QED) is 0.370. The van der Waals surface area contributed by atoms with Gasteiger partial charge in [-0.3, -0.25) is 0 Å². The first kappa shape index (κ1) is 7.60. The lowest BCUT2D eigenvalue weighted by molar-refractivity contribution is -0.811. The van der Waals surface area contributed by atoms with Gasteiger partial charge >= 0.3 is 0 Å². The van der Waals surface area contributed by atoms with Crippen LogP contribution in [0.4, 0.5) is 0 Å². The SMILES string of the molecule is CC1(C)C2(CCCC2)[N+]1(C)C. The highest BCUT2D eigenvalue weighted by atomic mass is 15.6. The van der Waals surface area contributed by atoms with Gasteiger partial charge in [-0.2, -0.15) is 0 Å². The molecule has 1 saturated carbocycles. The Morgan fingerprint density at radius 2 is 1.36 bits per heavy atom. The van der Waals surface area contributed by atoms with Crippen molar-refractivity contribution in [2.75, 3.05) is 14.1 Å². The summed E-state index contributed by atoms with van der Waals surface area (Å²) in [4.78, 5) is 0. The van der Waals surface area contributed by atoms with Crippen molar-refractivity contribution in [1.82, 2.24) is 0 Å². The maximum atomic E-state index is 2.43. The topological polar surface area (TPSA) is 0 Å². The molecule has 0 aromatic heterocycles. The molecule has 1 aliphatic carbocycles. The van der Waals surface area contributed by atoms with Crippen LogP contribution in [0.3, 0.4) is 0 Å². The molecule has 0 radical (unpaired) electrons. The van der Waals surface area contributed by atoms with Crippen LogP contribution in [-0.2, 0) is 0 Å². The number of nitrogens with zero attached hydrogens (tertiary/aromatic N) is 1. The van der Waals surface area contributed by atoms with Crippen molar-refractivity contribution in [2.24, 2.45) is 0 Å². The second-order valence-electron chi connectivity index (χ2n) is 5.25. The summed E-state index contributed by atoms with van der Waals surface area (Å²) in [6.07, 6.45) is 5.86. The van der Waals surface area contributed by atoms with Crippen LogP contribution < -0.4 is 0 Å². The van der Waals surface area contributed by atoms with Crippen LogP contribution in [-0.4, -0.2) is 29.7 Å². The molecule has 0 bridgehead atoms. The van der Waals surface area contributed by atoms with Gasteiger partial charge < -0.3 is 4.48 Å². The molecule has 2 rings (SSSR count). The first-order chi connectivity index (χ1) is 4.96. The molecule has 2 aliphatic rings. The third-order valence-corrected chi connectivity index (χ3v) is 4.99.